The average molecular weight is 707 g/mol. The van der Waals surface area contributed by atoms with Crippen LogP contribution in [0.2, 0.25) is 0 Å². The van der Waals surface area contributed by atoms with E-state index in [9.17, 15) is 19.5 Å². The maximum atomic E-state index is 13.5. The lowest BCUT2D eigenvalue weighted by Gasteiger charge is -2.34. The number of carbonyl (C=O) groups excluding carboxylic acids is 3. The Morgan fingerprint density at radius 2 is 1.58 bits per heavy atom. The van der Waals surface area contributed by atoms with Gasteiger partial charge in [-0.25, -0.2) is 19.6 Å². The SMILES string of the molecule is COC(=O)NC1(C(=O)N2CCCC2c2nc3ccc(C#Cc4ccc(-c5cnc(C6CCCN6C(O)C6(NC(=O)OC)CC6)[nH]5)cc4)cc3[nH]2)CC1. The van der Waals surface area contributed by atoms with Crippen molar-refractivity contribution in [3.8, 4) is 23.1 Å². The Morgan fingerprint density at radius 3 is 2.31 bits per heavy atom. The van der Waals surface area contributed by atoms with Gasteiger partial charge in [0.25, 0.3) is 0 Å². The summed E-state index contributed by atoms with van der Waals surface area (Å²) in [5.74, 6) is 7.96. The second-order valence-corrected chi connectivity index (χ2v) is 14.3. The van der Waals surface area contributed by atoms with Crippen LogP contribution in [-0.4, -0.2) is 97.6 Å². The lowest BCUT2D eigenvalue weighted by molar-refractivity contribution is -0.135. The first-order valence-electron chi connectivity index (χ1n) is 17.8. The van der Waals surface area contributed by atoms with Crippen LogP contribution in [0.3, 0.4) is 0 Å². The maximum Gasteiger partial charge on any atom is 0.407 e. The molecule has 4 aliphatic rings. The third-order valence-electron chi connectivity index (χ3n) is 10.9. The Bertz CT molecular complexity index is 2070. The lowest BCUT2D eigenvalue weighted by atomic mass is 10.1. The van der Waals surface area contributed by atoms with E-state index in [4.69, 9.17) is 14.5 Å². The number of alkyl carbamates (subject to hydrolysis) is 2. The van der Waals surface area contributed by atoms with Crippen LogP contribution >= 0.6 is 0 Å². The molecule has 0 bridgehead atoms. The van der Waals surface area contributed by atoms with Crippen molar-refractivity contribution < 1.29 is 29.0 Å². The number of likely N-dealkylation sites (tertiary alicyclic amines) is 2. The first-order chi connectivity index (χ1) is 25.2. The predicted octanol–water partition coefficient (Wildman–Crippen LogP) is 4.25. The van der Waals surface area contributed by atoms with E-state index in [2.05, 4.69) is 37.4 Å². The summed E-state index contributed by atoms with van der Waals surface area (Å²) >= 11 is 0. The zero-order chi connectivity index (χ0) is 36.0. The number of fused-ring (bicyclic) bond motifs is 1. The number of aromatic amines is 2. The smallest absolute Gasteiger partial charge is 0.407 e. The second kappa shape index (κ2) is 13.3. The van der Waals surface area contributed by atoms with Crippen LogP contribution in [0.15, 0.2) is 48.7 Å². The fourth-order valence-corrected chi connectivity index (χ4v) is 7.66. The van der Waals surface area contributed by atoms with Gasteiger partial charge in [0.15, 0.2) is 0 Å². The van der Waals surface area contributed by atoms with Gasteiger partial charge in [0.1, 0.15) is 23.4 Å². The number of aromatic nitrogens is 4. The molecule has 3 unspecified atom stereocenters. The van der Waals surface area contributed by atoms with Gasteiger partial charge in [0, 0.05) is 24.2 Å². The zero-order valence-corrected chi connectivity index (χ0v) is 29.2. The largest absolute Gasteiger partial charge is 0.453 e. The van der Waals surface area contributed by atoms with Crippen molar-refractivity contribution in [1.82, 2.24) is 40.4 Å². The number of benzene rings is 2. The normalized spacial score (nSPS) is 21.9. The molecule has 0 spiro atoms. The Hall–Kier alpha value is -5.39. The van der Waals surface area contributed by atoms with Gasteiger partial charge in [-0.05, 0) is 87.3 Å². The van der Waals surface area contributed by atoms with Gasteiger partial charge >= 0.3 is 12.2 Å². The molecule has 8 rings (SSSR count). The van der Waals surface area contributed by atoms with Gasteiger partial charge in [0.05, 0.1) is 54.8 Å². The number of nitrogens with zero attached hydrogens (tertiary/aromatic N) is 4. The van der Waals surface area contributed by atoms with Gasteiger partial charge in [-0.2, -0.15) is 0 Å². The summed E-state index contributed by atoms with van der Waals surface area (Å²) in [7, 11) is 2.63. The summed E-state index contributed by atoms with van der Waals surface area (Å²) in [5, 5.41) is 16.8. The Balaban J connectivity index is 0.925. The van der Waals surface area contributed by atoms with Crippen LogP contribution in [0, 0.1) is 11.8 Å². The summed E-state index contributed by atoms with van der Waals surface area (Å²) in [4.78, 5) is 57.5. The van der Waals surface area contributed by atoms with Crippen LogP contribution in [0.1, 0.15) is 86.2 Å². The molecule has 4 fully saturated rings. The number of methoxy groups -OCH3 is 2. The van der Waals surface area contributed by atoms with E-state index in [0.717, 1.165) is 70.7 Å². The summed E-state index contributed by atoms with van der Waals surface area (Å²) in [5.41, 5.74) is 3.64. The van der Waals surface area contributed by atoms with Gasteiger partial charge in [-0.1, -0.05) is 24.0 Å². The number of H-pyrrole nitrogens is 2. The van der Waals surface area contributed by atoms with E-state index in [0.29, 0.717) is 38.8 Å². The molecule has 4 heterocycles. The Labute approximate surface area is 300 Å². The van der Waals surface area contributed by atoms with Crippen molar-refractivity contribution in [3.63, 3.8) is 0 Å². The quantitative estimate of drug-likeness (QED) is 0.168. The van der Waals surface area contributed by atoms with Crippen LogP contribution in [-0.2, 0) is 14.3 Å². The molecule has 14 nitrogen and oxygen atoms in total. The highest BCUT2D eigenvalue weighted by atomic mass is 16.5. The minimum absolute atomic E-state index is 0.0834. The van der Waals surface area contributed by atoms with Crippen LogP contribution in [0.5, 0.6) is 0 Å². The lowest BCUT2D eigenvalue weighted by Crippen LogP contribution is -2.53. The minimum atomic E-state index is -0.877. The van der Waals surface area contributed by atoms with Crippen LogP contribution in [0.4, 0.5) is 9.59 Å². The molecule has 2 saturated heterocycles. The first kappa shape index (κ1) is 33.7. The molecule has 52 heavy (non-hydrogen) atoms. The highest BCUT2D eigenvalue weighted by Crippen LogP contribution is 2.45. The van der Waals surface area contributed by atoms with Gasteiger partial charge < -0.3 is 40.1 Å². The molecule has 2 aliphatic heterocycles. The van der Waals surface area contributed by atoms with E-state index >= 15 is 0 Å². The Kier molecular flexibility index (Phi) is 8.63. The molecule has 5 N–H and O–H groups in total. The number of aliphatic hydroxyl groups is 1. The highest BCUT2D eigenvalue weighted by Gasteiger charge is 2.56. The first-order valence-corrected chi connectivity index (χ1v) is 17.8. The van der Waals surface area contributed by atoms with Crippen molar-refractivity contribution in [2.24, 2.45) is 0 Å². The van der Waals surface area contributed by atoms with Crippen molar-refractivity contribution >= 4 is 29.1 Å². The van der Waals surface area contributed by atoms with Crippen molar-refractivity contribution in [1.29, 1.82) is 0 Å². The number of rotatable bonds is 8. The fourth-order valence-electron chi connectivity index (χ4n) is 7.66. The molecule has 3 atom stereocenters. The topological polar surface area (TPSA) is 178 Å². The number of aliphatic hydroxyl groups excluding tert-OH is 1. The molecule has 14 heteroatoms. The summed E-state index contributed by atoms with van der Waals surface area (Å²) in [6.45, 7) is 1.33. The van der Waals surface area contributed by atoms with Crippen LogP contribution in [0.25, 0.3) is 22.3 Å². The molecule has 4 aromatic rings. The number of imidazole rings is 2. The summed E-state index contributed by atoms with van der Waals surface area (Å²) in [6.07, 6.45) is 5.91. The number of hydrogen-bond acceptors (Lipinski definition) is 9. The number of amides is 3. The maximum absolute atomic E-state index is 13.5. The Morgan fingerprint density at radius 1 is 0.885 bits per heavy atom. The third kappa shape index (κ3) is 6.35. The summed E-state index contributed by atoms with van der Waals surface area (Å²) in [6, 6.07) is 13.5. The number of nitrogens with one attached hydrogen (secondary N) is 4. The molecule has 270 valence electrons. The molecule has 2 aromatic carbocycles. The number of hydrogen-bond donors (Lipinski definition) is 5. The standard InChI is InChI=1S/C38H42N8O6/c1-51-35(49)43-37(15-16-37)33(47)45-19-3-5-29(45)31-39-22-28(42-31)25-12-9-23(10-13-25)7-8-24-11-14-26-27(21-24)41-32(40-26)30-6-4-20-46(30)34(48)38(17-18-38)44-36(50)52-2/h9-14,21-22,29-30,33,47H,3-6,15-20H2,1-2H3,(H,39,42)(H,40,41)(H,43,49)(H,44,50). The fraction of sp³-hybridized carbons (Fsp3) is 0.447. The monoisotopic (exact) mass is 706 g/mol. The van der Waals surface area contributed by atoms with E-state index in [1.807, 2.05) is 58.5 Å². The second-order valence-electron chi connectivity index (χ2n) is 14.3. The molecule has 2 aromatic heterocycles. The van der Waals surface area contributed by atoms with Gasteiger partial charge in [-0.3, -0.25) is 9.69 Å². The van der Waals surface area contributed by atoms with E-state index < -0.39 is 29.5 Å². The molecule has 0 radical (unpaired) electrons. The average Bonchev–Trinajstić information content (AvgIpc) is 3.72. The van der Waals surface area contributed by atoms with E-state index in [-0.39, 0.29) is 18.0 Å². The molecular weight excluding hydrogens is 664 g/mol. The predicted molar refractivity (Wildman–Crippen MR) is 189 cm³/mol. The molecule has 3 amide bonds. The van der Waals surface area contributed by atoms with E-state index in [1.165, 1.54) is 14.2 Å². The van der Waals surface area contributed by atoms with Gasteiger partial charge in [-0.15, -0.1) is 0 Å². The molecular formula is C38H42N8O6. The third-order valence-corrected chi connectivity index (χ3v) is 10.9. The highest BCUT2D eigenvalue weighted by molar-refractivity contribution is 5.93. The molecule has 2 saturated carbocycles. The van der Waals surface area contributed by atoms with Crippen molar-refractivity contribution in [2.45, 2.75) is 80.8 Å². The minimum Gasteiger partial charge on any atom is -0.453 e. The van der Waals surface area contributed by atoms with Gasteiger partial charge in [0.2, 0.25) is 5.91 Å². The van der Waals surface area contributed by atoms with E-state index in [1.54, 1.807) is 0 Å². The molecule has 2 aliphatic carbocycles. The van der Waals surface area contributed by atoms with Crippen LogP contribution < -0.4 is 10.6 Å². The number of carbonyl (C=O) groups is 3. The van der Waals surface area contributed by atoms with Crippen molar-refractivity contribution in [3.05, 3.63) is 71.4 Å². The van der Waals surface area contributed by atoms with Crippen molar-refractivity contribution in [2.75, 3.05) is 27.3 Å². The number of ether oxygens (including phenoxy) is 2. The zero-order valence-electron chi connectivity index (χ0n) is 29.2. The summed E-state index contributed by atoms with van der Waals surface area (Å²) < 4.78 is 9.52.